The highest BCUT2D eigenvalue weighted by atomic mass is 15.1. The summed E-state index contributed by atoms with van der Waals surface area (Å²) in [6.07, 6.45) is 4.07. The smallest absolute Gasteiger partial charge is 0.0160 e. The number of rotatable bonds is 4. The molecule has 0 fully saturated rings. The normalized spacial score (nSPS) is 11.6. The molecule has 9 heavy (non-hydrogen) atoms. The average molecular weight is 128 g/mol. The third-order valence-corrected chi connectivity index (χ3v) is 1.26. The van der Waals surface area contributed by atoms with Crippen molar-refractivity contribution in [2.75, 3.05) is 26.7 Å². The van der Waals surface area contributed by atoms with Crippen LogP contribution in [0.1, 0.15) is 6.92 Å². The molecule has 0 aromatic carbocycles. The van der Waals surface area contributed by atoms with Crippen LogP contribution >= 0.6 is 0 Å². The first-order valence-electron chi connectivity index (χ1n) is 3.34. The summed E-state index contributed by atoms with van der Waals surface area (Å²) >= 11 is 0. The van der Waals surface area contributed by atoms with E-state index in [4.69, 9.17) is 5.73 Å². The third-order valence-electron chi connectivity index (χ3n) is 1.26. The van der Waals surface area contributed by atoms with Crippen LogP contribution in [0.4, 0.5) is 0 Å². The van der Waals surface area contributed by atoms with Crippen molar-refractivity contribution in [1.29, 1.82) is 0 Å². The van der Waals surface area contributed by atoms with Crippen molar-refractivity contribution in [1.82, 2.24) is 4.90 Å². The lowest BCUT2D eigenvalue weighted by atomic mass is 10.4. The Morgan fingerprint density at radius 2 is 2.11 bits per heavy atom. The molecule has 0 saturated heterocycles. The second kappa shape index (κ2) is 5.79. The molecule has 0 aliphatic heterocycles. The fourth-order valence-corrected chi connectivity index (χ4v) is 0.480. The second-order valence-corrected chi connectivity index (χ2v) is 2.06. The SMILES string of the molecule is CCN(C)CC=CCN. The molecule has 0 bridgehead atoms. The molecule has 0 aromatic heterocycles. The predicted octanol–water partition coefficient (Wildman–Crippen LogP) is 0.453. The Morgan fingerprint density at radius 3 is 2.56 bits per heavy atom. The van der Waals surface area contributed by atoms with Gasteiger partial charge in [0.15, 0.2) is 0 Å². The highest BCUT2D eigenvalue weighted by Gasteiger charge is 1.85. The van der Waals surface area contributed by atoms with Gasteiger partial charge in [-0.15, -0.1) is 0 Å². The van der Waals surface area contributed by atoms with Crippen LogP contribution in [0.5, 0.6) is 0 Å². The first-order chi connectivity index (χ1) is 4.31. The molecule has 0 unspecified atom stereocenters. The number of nitrogens with zero attached hydrogens (tertiary/aromatic N) is 1. The maximum Gasteiger partial charge on any atom is 0.0160 e. The summed E-state index contributed by atoms with van der Waals surface area (Å²) in [6.45, 7) is 4.89. The van der Waals surface area contributed by atoms with E-state index in [1.54, 1.807) is 0 Å². The zero-order chi connectivity index (χ0) is 7.11. The van der Waals surface area contributed by atoms with Crippen molar-refractivity contribution in [3.8, 4) is 0 Å². The van der Waals surface area contributed by atoms with Crippen LogP contribution in [-0.2, 0) is 0 Å². The van der Waals surface area contributed by atoms with Crippen LogP contribution in [0, 0.1) is 0 Å². The van der Waals surface area contributed by atoms with E-state index in [1.807, 2.05) is 6.08 Å². The van der Waals surface area contributed by atoms with Crippen LogP contribution in [0.25, 0.3) is 0 Å². The van der Waals surface area contributed by atoms with Gasteiger partial charge in [0.05, 0.1) is 0 Å². The quantitative estimate of drug-likeness (QED) is 0.557. The molecule has 0 heterocycles. The van der Waals surface area contributed by atoms with Crippen molar-refractivity contribution in [3.63, 3.8) is 0 Å². The van der Waals surface area contributed by atoms with E-state index >= 15 is 0 Å². The maximum absolute atomic E-state index is 5.25. The van der Waals surface area contributed by atoms with Crippen molar-refractivity contribution in [2.45, 2.75) is 6.92 Å². The molecular formula is C7H16N2. The molecule has 0 atom stereocenters. The van der Waals surface area contributed by atoms with Crippen LogP contribution in [0.3, 0.4) is 0 Å². The Labute approximate surface area is 57.3 Å². The molecular weight excluding hydrogens is 112 g/mol. The molecule has 0 saturated carbocycles. The van der Waals surface area contributed by atoms with Crippen LogP contribution in [-0.4, -0.2) is 31.6 Å². The average Bonchev–Trinajstić information content (AvgIpc) is 1.89. The Balaban J connectivity index is 3.15. The molecule has 54 valence electrons. The van der Waals surface area contributed by atoms with E-state index in [-0.39, 0.29) is 0 Å². The zero-order valence-electron chi connectivity index (χ0n) is 6.30. The van der Waals surface area contributed by atoms with E-state index in [1.165, 1.54) is 0 Å². The van der Waals surface area contributed by atoms with Crippen molar-refractivity contribution in [3.05, 3.63) is 12.2 Å². The van der Waals surface area contributed by atoms with Gasteiger partial charge >= 0.3 is 0 Å². The molecule has 0 aliphatic rings. The van der Waals surface area contributed by atoms with Crippen LogP contribution < -0.4 is 5.73 Å². The Kier molecular flexibility index (Phi) is 5.57. The lowest BCUT2D eigenvalue weighted by molar-refractivity contribution is 0.392. The summed E-state index contributed by atoms with van der Waals surface area (Å²) < 4.78 is 0. The van der Waals surface area contributed by atoms with Gasteiger partial charge < -0.3 is 10.6 Å². The molecule has 0 rings (SSSR count). The van der Waals surface area contributed by atoms with Crippen molar-refractivity contribution >= 4 is 0 Å². The van der Waals surface area contributed by atoms with Gasteiger partial charge in [-0.2, -0.15) is 0 Å². The number of nitrogens with two attached hydrogens (primary N) is 1. The molecule has 0 aromatic rings. The van der Waals surface area contributed by atoms with Crippen molar-refractivity contribution in [2.24, 2.45) is 5.73 Å². The fourth-order valence-electron chi connectivity index (χ4n) is 0.480. The van der Waals surface area contributed by atoms with E-state index in [0.29, 0.717) is 6.54 Å². The topological polar surface area (TPSA) is 29.3 Å². The van der Waals surface area contributed by atoms with Gasteiger partial charge in [-0.1, -0.05) is 19.1 Å². The molecule has 0 radical (unpaired) electrons. The number of hydrogen-bond donors (Lipinski definition) is 1. The zero-order valence-corrected chi connectivity index (χ0v) is 6.30. The first kappa shape index (κ1) is 8.66. The molecule has 2 heteroatoms. The first-order valence-corrected chi connectivity index (χ1v) is 3.34. The molecule has 0 aliphatic carbocycles. The largest absolute Gasteiger partial charge is 0.327 e. The Morgan fingerprint density at radius 1 is 1.44 bits per heavy atom. The molecule has 2 N–H and O–H groups in total. The van der Waals surface area contributed by atoms with E-state index in [0.717, 1.165) is 13.1 Å². The summed E-state index contributed by atoms with van der Waals surface area (Å²) in [5.74, 6) is 0. The predicted molar refractivity (Wildman–Crippen MR) is 41.4 cm³/mol. The van der Waals surface area contributed by atoms with Crippen molar-refractivity contribution < 1.29 is 0 Å². The van der Waals surface area contributed by atoms with Gasteiger partial charge in [0.25, 0.3) is 0 Å². The van der Waals surface area contributed by atoms with Crippen LogP contribution in [0.2, 0.25) is 0 Å². The second-order valence-electron chi connectivity index (χ2n) is 2.06. The Hall–Kier alpha value is -0.340. The monoisotopic (exact) mass is 128 g/mol. The van der Waals surface area contributed by atoms with Gasteiger partial charge in [0.1, 0.15) is 0 Å². The Bertz CT molecular complexity index is 79.0. The highest BCUT2D eigenvalue weighted by Crippen LogP contribution is 1.80. The van der Waals surface area contributed by atoms with Gasteiger partial charge in [-0.25, -0.2) is 0 Å². The minimum atomic E-state index is 0.650. The van der Waals surface area contributed by atoms with E-state index in [2.05, 4.69) is 24.9 Å². The van der Waals surface area contributed by atoms with Gasteiger partial charge in [-0.3, -0.25) is 0 Å². The molecule has 0 amide bonds. The van der Waals surface area contributed by atoms with Gasteiger partial charge in [0.2, 0.25) is 0 Å². The third kappa shape index (κ3) is 5.53. The minimum absolute atomic E-state index is 0.650. The fraction of sp³-hybridized carbons (Fsp3) is 0.714. The van der Waals surface area contributed by atoms with Gasteiger partial charge in [-0.05, 0) is 13.6 Å². The number of likely N-dealkylation sites (N-methyl/N-ethyl adjacent to an activating group) is 1. The van der Waals surface area contributed by atoms with E-state index < -0.39 is 0 Å². The minimum Gasteiger partial charge on any atom is -0.327 e. The lowest BCUT2D eigenvalue weighted by Crippen LogP contribution is -2.17. The standard InChI is InChI=1S/C7H16N2/c1-3-9(2)7-5-4-6-8/h4-5H,3,6-8H2,1-2H3. The highest BCUT2D eigenvalue weighted by molar-refractivity contribution is 4.84. The van der Waals surface area contributed by atoms with Crippen LogP contribution in [0.15, 0.2) is 12.2 Å². The summed E-state index contributed by atoms with van der Waals surface area (Å²) in [6, 6.07) is 0. The summed E-state index contributed by atoms with van der Waals surface area (Å²) in [4.78, 5) is 2.21. The summed E-state index contributed by atoms with van der Waals surface area (Å²) in [7, 11) is 2.08. The number of hydrogen-bond acceptors (Lipinski definition) is 2. The van der Waals surface area contributed by atoms with E-state index in [9.17, 15) is 0 Å². The molecule has 2 nitrogen and oxygen atoms in total. The van der Waals surface area contributed by atoms with Gasteiger partial charge in [0, 0.05) is 13.1 Å². The maximum atomic E-state index is 5.25. The summed E-state index contributed by atoms with van der Waals surface area (Å²) in [5.41, 5.74) is 5.25. The lowest BCUT2D eigenvalue weighted by Gasteiger charge is -2.08. The summed E-state index contributed by atoms with van der Waals surface area (Å²) in [5, 5.41) is 0. The molecule has 0 spiro atoms.